The molecule has 0 radical (unpaired) electrons. The molecule has 6 nitrogen and oxygen atoms in total. The third kappa shape index (κ3) is 4.40. The molecule has 0 aromatic heterocycles. The monoisotopic (exact) mass is 274 g/mol. The van der Waals surface area contributed by atoms with E-state index in [0.717, 1.165) is 25.7 Å². The topological polar surface area (TPSA) is 96.2 Å². The Morgan fingerprint density at radius 3 is 2.63 bits per heavy atom. The van der Waals surface area contributed by atoms with E-state index in [2.05, 4.69) is 6.92 Å². The minimum absolute atomic E-state index is 0.0814. The van der Waals surface area contributed by atoms with Gasteiger partial charge in [0.15, 0.2) is 11.9 Å². The molecule has 3 N–H and O–H groups in total. The van der Waals surface area contributed by atoms with Crippen LogP contribution in [0.2, 0.25) is 0 Å². The number of carbonyl (C=O) groups is 1. The molecule has 0 bridgehead atoms. The molecule has 6 heteroatoms. The number of aliphatic hydroxyl groups excluding tert-OH is 3. The number of ether oxygens (including phenoxy) is 2. The Bertz CT molecular complexity index is 325. The van der Waals surface area contributed by atoms with Crippen LogP contribution in [-0.4, -0.2) is 46.7 Å². The first-order chi connectivity index (χ1) is 9.11. The normalized spacial score (nSPS) is 20.6. The first-order valence-corrected chi connectivity index (χ1v) is 6.67. The van der Waals surface area contributed by atoms with E-state index in [0.29, 0.717) is 6.61 Å². The molecule has 110 valence electrons. The van der Waals surface area contributed by atoms with Crippen molar-refractivity contribution in [2.75, 3.05) is 13.2 Å². The van der Waals surface area contributed by atoms with Gasteiger partial charge in [-0.05, 0) is 6.42 Å². The van der Waals surface area contributed by atoms with Crippen LogP contribution in [0.5, 0.6) is 0 Å². The summed E-state index contributed by atoms with van der Waals surface area (Å²) in [5.41, 5.74) is 0. The molecular formula is C13H22O6. The smallest absolute Gasteiger partial charge is 0.378 e. The standard InChI is InChI=1S/C13H22O6/c1-2-3-4-5-6-7-18-12-10(16)13(17)19-11(12)9(15)8-14/h9,11,14-16H,2-8H2,1H3. The predicted molar refractivity (Wildman–Crippen MR) is 67.3 cm³/mol. The van der Waals surface area contributed by atoms with E-state index in [9.17, 15) is 15.0 Å². The number of aliphatic hydroxyl groups is 3. The Hall–Kier alpha value is -1.27. The Balaban J connectivity index is 2.42. The molecule has 2 atom stereocenters. The molecule has 0 amide bonds. The van der Waals surface area contributed by atoms with Gasteiger partial charge >= 0.3 is 5.97 Å². The van der Waals surface area contributed by atoms with Crippen molar-refractivity contribution in [1.29, 1.82) is 0 Å². The van der Waals surface area contributed by atoms with Gasteiger partial charge in [-0.2, -0.15) is 0 Å². The molecule has 0 aromatic rings. The molecular weight excluding hydrogens is 252 g/mol. The summed E-state index contributed by atoms with van der Waals surface area (Å²) in [6.07, 6.45) is 2.83. The number of carbonyl (C=O) groups excluding carboxylic acids is 1. The van der Waals surface area contributed by atoms with Crippen LogP contribution in [0.3, 0.4) is 0 Å². The lowest BCUT2D eigenvalue weighted by molar-refractivity contribution is -0.148. The number of unbranched alkanes of at least 4 members (excludes halogenated alkanes) is 4. The maximum absolute atomic E-state index is 11.2. The maximum Gasteiger partial charge on any atom is 0.378 e. The summed E-state index contributed by atoms with van der Waals surface area (Å²) < 4.78 is 10.1. The van der Waals surface area contributed by atoms with E-state index < -0.39 is 30.5 Å². The van der Waals surface area contributed by atoms with Crippen LogP contribution in [-0.2, 0) is 14.3 Å². The van der Waals surface area contributed by atoms with Crippen LogP contribution in [0, 0.1) is 0 Å². The third-order valence-electron chi connectivity index (χ3n) is 2.96. The number of cyclic esters (lactones) is 1. The van der Waals surface area contributed by atoms with Gasteiger partial charge in [0.25, 0.3) is 0 Å². The molecule has 0 saturated heterocycles. The van der Waals surface area contributed by atoms with Crippen molar-refractivity contribution in [1.82, 2.24) is 0 Å². The highest BCUT2D eigenvalue weighted by atomic mass is 16.6. The first-order valence-electron chi connectivity index (χ1n) is 6.67. The highest BCUT2D eigenvalue weighted by Gasteiger charge is 2.40. The van der Waals surface area contributed by atoms with Crippen molar-refractivity contribution >= 4 is 5.97 Å². The van der Waals surface area contributed by atoms with Crippen LogP contribution in [0.1, 0.15) is 39.0 Å². The van der Waals surface area contributed by atoms with Crippen molar-refractivity contribution in [3.8, 4) is 0 Å². The van der Waals surface area contributed by atoms with Gasteiger partial charge in [-0.25, -0.2) is 4.79 Å². The Kier molecular flexibility index (Phi) is 6.66. The molecule has 0 aliphatic carbocycles. The maximum atomic E-state index is 11.2. The van der Waals surface area contributed by atoms with Gasteiger partial charge in [0.05, 0.1) is 13.2 Å². The van der Waals surface area contributed by atoms with E-state index in [1.165, 1.54) is 6.42 Å². The zero-order valence-corrected chi connectivity index (χ0v) is 11.2. The molecule has 0 spiro atoms. The highest BCUT2D eigenvalue weighted by molar-refractivity contribution is 5.89. The molecule has 0 saturated carbocycles. The predicted octanol–water partition coefficient (Wildman–Crippen LogP) is 1.02. The average molecular weight is 274 g/mol. The summed E-state index contributed by atoms with van der Waals surface area (Å²) in [5.74, 6) is -1.63. The van der Waals surface area contributed by atoms with Gasteiger partial charge < -0.3 is 24.8 Å². The second-order valence-electron chi connectivity index (χ2n) is 4.55. The molecule has 19 heavy (non-hydrogen) atoms. The molecule has 1 aliphatic rings. The molecule has 0 fully saturated rings. The lowest BCUT2D eigenvalue weighted by atomic mass is 10.1. The van der Waals surface area contributed by atoms with Gasteiger partial charge in [-0.3, -0.25) is 0 Å². The number of hydrogen-bond donors (Lipinski definition) is 3. The fourth-order valence-corrected chi connectivity index (χ4v) is 1.85. The minimum atomic E-state index is -1.29. The number of hydrogen-bond acceptors (Lipinski definition) is 6. The van der Waals surface area contributed by atoms with Crippen molar-refractivity contribution < 1.29 is 29.6 Å². The lowest BCUT2D eigenvalue weighted by Crippen LogP contribution is -2.32. The Morgan fingerprint density at radius 1 is 1.32 bits per heavy atom. The number of rotatable bonds is 9. The quantitative estimate of drug-likeness (QED) is 0.429. The molecule has 0 aromatic carbocycles. The fraction of sp³-hybridized carbons (Fsp3) is 0.769. The van der Waals surface area contributed by atoms with Crippen LogP contribution in [0.4, 0.5) is 0 Å². The second kappa shape index (κ2) is 8.01. The summed E-state index contributed by atoms with van der Waals surface area (Å²) in [4.78, 5) is 11.2. The van der Waals surface area contributed by atoms with E-state index in [1.54, 1.807) is 0 Å². The summed E-state index contributed by atoms with van der Waals surface area (Å²) >= 11 is 0. The van der Waals surface area contributed by atoms with E-state index >= 15 is 0 Å². The van der Waals surface area contributed by atoms with Gasteiger partial charge in [0, 0.05) is 0 Å². The molecule has 1 rings (SSSR count). The van der Waals surface area contributed by atoms with Crippen molar-refractivity contribution in [3.63, 3.8) is 0 Å². The zero-order valence-electron chi connectivity index (χ0n) is 11.2. The summed E-state index contributed by atoms with van der Waals surface area (Å²) in [5, 5.41) is 27.8. The molecule has 1 heterocycles. The van der Waals surface area contributed by atoms with E-state index in [-0.39, 0.29) is 5.76 Å². The summed E-state index contributed by atoms with van der Waals surface area (Å²) in [6.45, 7) is 1.89. The Labute approximate surface area is 112 Å². The van der Waals surface area contributed by atoms with Gasteiger partial charge in [-0.15, -0.1) is 0 Å². The summed E-state index contributed by atoms with van der Waals surface area (Å²) in [6, 6.07) is 0. The van der Waals surface area contributed by atoms with Crippen LogP contribution < -0.4 is 0 Å². The van der Waals surface area contributed by atoms with Gasteiger partial charge in [0.2, 0.25) is 5.76 Å². The van der Waals surface area contributed by atoms with Crippen molar-refractivity contribution in [2.45, 2.75) is 51.2 Å². The minimum Gasteiger partial charge on any atom is -0.499 e. The second-order valence-corrected chi connectivity index (χ2v) is 4.55. The van der Waals surface area contributed by atoms with E-state index in [1.807, 2.05) is 0 Å². The summed E-state index contributed by atoms with van der Waals surface area (Å²) in [7, 11) is 0. The van der Waals surface area contributed by atoms with Crippen molar-refractivity contribution in [2.24, 2.45) is 0 Å². The van der Waals surface area contributed by atoms with Crippen molar-refractivity contribution in [3.05, 3.63) is 11.5 Å². The van der Waals surface area contributed by atoms with Gasteiger partial charge in [0.1, 0.15) is 6.10 Å². The van der Waals surface area contributed by atoms with Crippen LogP contribution in [0.15, 0.2) is 11.5 Å². The first kappa shape index (κ1) is 15.8. The number of esters is 1. The lowest BCUT2D eigenvalue weighted by Gasteiger charge is -2.18. The van der Waals surface area contributed by atoms with E-state index in [4.69, 9.17) is 14.6 Å². The van der Waals surface area contributed by atoms with Gasteiger partial charge in [-0.1, -0.05) is 32.6 Å². The Morgan fingerprint density at radius 2 is 2.00 bits per heavy atom. The largest absolute Gasteiger partial charge is 0.499 e. The zero-order chi connectivity index (χ0) is 14.3. The fourth-order valence-electron chi connectivity index (χ4n) is 1.85. The third-order valence-corrected chi connectivity index (χ3v) is 2.96. The molecule has 2 unspecified atom stereocenters. The highest BCUT2D eigenvalue weighted by Crippen LogP contribution is 2.25. The molecule has 1 aliphatic heterocycles. The van der Waals surface area contributed by atoms with Crippen LogP contribution in [0.25, 0.3) is 0 Å². The SMILES string of the molecule is CCCCCCCOC1=C(O)C(=O)OC1C(O)CO. The average Bonchev–Trinajstić information content (AvgIpc) is 2.69. The van der Waals surface area contributed by atoms with Crippen LogP contribution >= 0.6 is 0 Å².